The predicted molar refractivity (Wildman–Crippen MR) is 99.2 cm³/mol. The van der Waals surface area contributed by atoms with Crippen molar-refractivity contribution in [3.05, 3.63) is 71.1 Å². The summed E-state index contributed by atoms with van der Waals surface area (Å²) < 4.78 is 36.6. The molecule has 1 N–H and O–H groups in total. The van der Waals surface area contributed by atoms with Crippen LogP contribution < -0.4 is 4.72 Å². The highest BCUT2D eigenvalue weighted by Crippen LogP contribution is 2.17. The summed E-state index contributed by atoms with van der Waals surface area (Å²) in [4.78, 5) is 23.5. The van der Waals surface area contributed by atoms with Crippen molar-refractivity contribution < 1.29 is 27.5 Å². The van der Waals surface area contributed by atoms with Crippen molar-refractivity contribution in [2.24, 2.45) is 0 Å². The molecule has 1 aliphatic rings. The van der Waals surface area contributed by atoms with Gasteiger partial charge in [-0.3, -0.25) is 4.72 Å². The number of hydrogen-bond donors (Lipinski definition) is 1. The standard InChI is InChI=1S/C19H17NO6S/c21-18(26-17-9-11-25-19(17)22)15-7-4-8-16(13-15)20-27(23,24)12-10-14-5-2-1-3-6-14/h1-8,10,12-13,17,20H,9,11H2. The van der Waals surface area contributed by atoms with E-state index in [-0.39, 0.29) is 17.9 Å². The molecule has 2 aromatic carbocycles. The molecule has 7 nitrogen and oxygen atoms in total. The number of nitrogens with one attached hydrogen (secondary N) is 1. The van der Waals surface area contributed by atoms with E-state index in [1.807, 2.05) is 6.07 Å². The van der Waals surface area contributed by atoms with E-state index in [1.165, 1.54) is 30.3 Å². The van der Waals surface area contributed by atoms with E-state index in [9.17, 15) is 18.0 Å². The van der Waals surface area contributed by atoms with E-state index < -0.39 is 28.1 Å². The van der Waals surface area contributed by atoms with Crippen LogP contribution in [0.1, 0.15) is 22.3 Å². The number of rotatable bonds is 6. The first-order chi connectivity index (χ1) is 12.9. The van der Waals surface area contributed by atoms with Gasteiger partial charge in [-0.1, -0.05) is 36.4 Å². The van der Waals surface area contributed by atoms with Crippen LogP contribution in [0, 0.1) is 0 Å². The Morgan fingerprint density at radius 2 is 1.93 bits per heavy atom. The van der Waals surface area contributed by atoms with Gasteiger partial charge in [0.05, 0.1) is 17.6 Å². The summed E-state index contributed by atoms with van der Waals surface area (Å²) >= 11 is 0. The third-order valence-corrected chi connectivity index (χ3v) is 4.75. The van der Waals surface area contributed by atoms with Gasteiger partial charge < -0.3 is 9.47 Å². The van der Waals surface area contributed by atoms with Gasteiger partial charge in [-0.2, -0.15) is 0 Å². The molecular weight excluding hydrogens is 370 g/mol. The van der Waals surface area contributed by atoms with Gasteiger partial charge in [0.25, 0.3) is 10.0 Å². The average molecular weight is 387 g/mol. The summed E-state index contributed by atoms with van der Waals surface area (Å²) in [5, 5.41) is 1.04. The molecule has 2 aromatic rings. The molecule has 0 saturated carbocycles. The third kappa shape index (κ3) is 5.18. The number of carbonyl (C=O) groups excluding carboxylic acids is 2. The fourth-order valence-corrected chi connectivity index (χ4v) is 3.28. The monoisotopic (exact) mass is 387 g/mol. The molecule has 27 heavy (non-hydrogen) atoms. The Hall–Kier alpha value is -3.13. The Labute approximate surface area is 156 Å². The number of esters is 2. The molecule has 0 radical (unpaired) electrons. The minimum Gasteiger partial charge on any atom is -0.463 e. The molecule has 0 aliphatic carbocycles. The lowest BCUT2D eigenvalue weighted by atomic mass is 10.2. The zero-order valence-corrected chi connectivity index (χ0v) is 15.0. The maximum absolute atomic E-state index is 12.2. The summed E-state index contributed by atoms with van der Waals surface area (Å²) in [6.07, 6.45) is 0.847. The molecule has 1 saturated heterocycles. The SMILES string of the molecule is O=C(OC1CCOC1=O)c1cccc(NS(=O)(=O)C=Cc2ccccc2)c1. The molecule has 1 unspecified atom stereocenters. The number of cyclic esters (lactones) is 1. The first kappa shape index (κ1) is 18.7. The topological polar surface area (TPSA) is 98.8 Å². The van der Waals surface area contributed by atoms with Gasteiger partial charge in [0.1, 0.15) is 0 Å². The molecule has 140 valence electrons. The Kier molecular flexibility index (Phi) is 5.56. The van der Waals surface area contributed by atoms with Crippen LogP contribution in [0.15, 0.2) is 60.0 Å². The van der Waals surface area contributed by atoms with E-state index >= 15 is 0 Å². The highest BCUT2D eigenvalue weighted by molar-refractivity contribution is 7.95. The summed E-state index contributed by atoms with van der Waals surface area (Å²) in [6, 6.07) is 14.8. The molecule has 0 bridgehead atoms. The Bertz CT molecular complexity index is 969. The van der Waals surface area contributed by atoms with Crippen molar-refractivity contribution in [2.75, 3.05) is 11.3 Å². The van der Waals surface area contributed by atoms with Crippen molar-refractivity contribution in [3.63, 3.8) is 0 Å². The second-order valence-corrected chi connectivity index (χ2v) is 7.36. The fraction of sp³-hybridized carbons (Fsp3) is 0.158. The summed E-state index contributed by atoms with van der Waals surface area (Å²) in [7, 11) is -3.76. The maximum atomic E-state index is 12.2. The number of benzene rings is 2. The lowest BCUT2D eigenvalue weighted by Crippen LogP contribution is -2.22. The van der Waals surface area contributed by atoms with Crippen LogP contribution in [-0.4, -0.2) is 33.1 Å². The molecule has 1 fully saturated rings. The summed E-state index contributed by atoms with van der Waals surface area (Å²) in [5.74, 6) is -1.30. The minimum absolute atomic E-state index is 0.127. The molecule has 1 atom stereocenters. The largest absolute Gasteiger partial charge is 0.463 e. The highest BCUT2D eigenvalue weighted by Gasteiger charge is 2.30. The van der Waals surface area contributed by atoms with E-state index in [2.05, 4.69) is 4.72 Å². The van der Waals surface area contributed by atoms with Crippen LogP contribution in [0.4, 0.5) is 5.69 Å². The molecule has 3 rings (SSSR count). The van der Waals surface area contributed by atoms with Crippen molar-refractivity contribution >= 4 is 33.7 Å². The lowest BCUT2D eigenvalue weighted by molar-refractivity contribution is -0.145. The molecular formula is C19H17NO6S. The highest BCUT2D eigenvalue weighted by atomic mass is 32.2. The minimum atomic E-state index is -3.76. The van der Waals surface area contributed by atoms with Crippen LogP contribution in [-0.2, 0) is 24.3 Å². The molecule has 0 amide bonds. The van der Waals surface area contributed by atoms with E-state index in [1.54, 1.807) is 24.3 Å². The van der Waals surface area contributed by atoms with Crippen molar-refractivity contribution in [3.8, 4) is 0 Å². The van der Waals surface area contributed by atoms with Crippen LogP contribution in [0.5, 0.6) is 0 Å². The lowest BCUT2D eigenvalue weighted by Gasteiger charge is -2.10. The fourth-order valence-electron chi connectivity index (χ4n) is 2.42. The van der Waals surface area contributed by atoms with E-state index in [4.69, 9.17) is 9.47 Å². The predicted octanol–water partition coefficient (Wildman–Crippen LogP) is 2.57. The third-order valence-electron chi connectivity index (χ3n) is 3.73. The first-order valence-electron chi connectivity index (χ1n) is 8.17. The second kappa shape index (κ2) is 8.05. The van der Waals surface area contributed by atoms with E-state index in [0.29, 0.717) is 6.42 Å². The van der Waals surface area contributed by atoms with Crippen molar-refractivity contribution in [2.45, 2.75) is 12.5 Å². The number of sulfonamides is 1. The number of anilines is 1. The van der Waals surface area contributed by atoms with Gasteiger partial charge in [-0.05, 0) is 29.8 Å². The molecule has 1 heterocycles. The number of hydrogen-bond acceptors (Lipinski definition) is 6. The van der Waals surface area contributed by atoms with Gasteiger partial charge in [0.2, 0.25) is 6.10 Å². The molecule has 0 aromatic heterocycles. The zero-order valence-electron chi connectivity index (χ0n) is 14.2. The van der Waals surface area contributed by atoms with Crippen LogP contribution in [0.25, 0.3) is 6.08 Å². The Balaban J connectivity index is 1.68. The molecule has 8 heteroatoms. The second-order valence-electron chi connectivity index (χ2n) is 5.79. The zero-order chi connectivity index (χ0) is 19.3. The van der Waals surface area contributed by atoms with Crippen LogP contribution in [0.2, 0.25) is 0 Å². The van der Waals surface area contributed by atoms with Gasteiger partial charge in [-0.15, -0.1) is 0 Å². The summed E-state index contributed by atoms with van der Waals surface area (Å²) in [5.41, 5.74) is 1.07. The van der Waals surface area contributed by atoms with E-state index in [0.717, 1.165) is 11.0 Å². The first-order valence-corrected chi connectivity index (χ1v) is 9.71. The van der Waals surface area contributed by atoms with Gasteiger partial charge >= 0.3 is 11.9 Å². The number of ether oxygens (including phenoxy) is 2. The summed E-state index contributed by atoms with van der Waals surface area (Å²) in [6.45, 7) is 0.213. The Morgan fingerprint density at radius 3 is 2.63 bits per heavy atom. The van der Waals surface area contributed by atoms with Gasteiger partial charge in [0.15, 0.2) is 0 Å². The van der Waals surface area contributed by atoms with Crippen molar-refractivity contribution in [1.82, 2.24) is 0 Å². The normalized spacial score (nSPS) is 16.9. The van der Waals surface area contributed by atoms with Gasteiger partial charge in [-0.25, -0.2) is 18.0 Å². The van der Waals surface area contributed by atoms with Crippen LogP contribution >= 0.6 is 0 Å². The quantitative estimate of drug-likeness (QED) is 0.765. The smallest absolute Gasteiger partial charge is 0.347 e. The maximum Gasteiger partial charge on any atom is 0.347 e. The van der Waals surface area contributed by atoms with Crippen LogP contribution in [0.3, 0.4) is 0 Å². The Morgan fingerprint density at radius 1 is 1.15 bits per heavy atom. The number of carbonyl (C=O) groups is 2. The van der Waals surface area contributed by atoms with Gasteiger partial charge in [0, 0.05) is 12.1 Å². The molecule has 1 aliphatic heterocycles. The molecule has 0 spiro atoms. The average Bonchev–Trinajstić information content (AvgIpc) is 3.05. The van der Waals surface area contributed by atoms with Crippen molar-refractivity contribution in [1.29, 1.82) is 0 Å².